The van der Waals surface area contributed by atoms with E-state index in [1.54, 1.807) is 0 Å². The molecule has 0 saturated carbocycles. The summed E-state index contributed by atoms with van der Waals surface area (Å²) in [4.78, 5) is 0. The molecule has 26 heavy (non-hydrogen) atoms. The number of ether oxygens (including phenoxy) is 1. The fourth-order valence-electron chi connectivity index (χ4n) is 3.67. The molecule has 0 saturated heterocycles. The van der Waals surface area contributed by atoms with Gasteiger partial charge in [0.15, 0.2) is 0 Å². The van der Waals surface area contributed by atoms with Crippen LogP contribution in [0.1, 0.15) is 50.7 Å². The molecule has 2 aromatic rings. The van der Waals surface area contributed by atoms with Gasteiger partial charge in [0.1, 0.15) is 5.60 Å². The molecule has 1 aliphatic rings. The first-order valence-electron chi connectivity index (χ1n) is 9.72. The normalized spacial score (nSPS) is 20.6. The molecule has 2 aromatic carbocycles. The summed E-state index contributed by atoms with van der Waals surface area (Å²) in [6.07, 6.45) is 4.39. The van der Waals surface area contributed by atoms with E-state index in [0.717, 1.165) is 31.3 Å². The number of rotatable bonds is 7. The number of hydrogen-bond donors (Lipinski definition) is 1. The summed E-state index contributed by atoms with van der Waals surface area (Å²) in [6, 6.07) is 20.8. The lowest BCUT2D eigenvalue weighted by atomic mass is 9.81. The van der Waals surface area contributed by atoms with Crippen LogP contribution in [-0.4, -0.2) is 11.7 Å². The lowest BCUT2D eigenvalue weighted by Gasteiger charge is -2.39. The Morgan fingerprint density at radius 2 is 1.62 bits per heavy atom. The van der Waals surface area contributed by atoms with Gasteiger partial charge in [-0.05, 0) is 48.3 Å². The minimum absolute atomic E-state index is 0.397. The van der Waals surface area contributed by atoms with Crippen LogP contribution in [0.15, 0.2) is 72.0 Å². The number of aliphatic hydroxyl groups is 1. The van der Waals surface area contributed by atoms with Gasteiger partial charge in [0.05, 0.1) is 12.4 Å². The first kappa shape index (κ1) is 18.7. The van der Waals surface area contributed by atoms with Crippen molar-refractivity contribution in [3.05, 3.63) is 83.1 Å². The summed E-state index contributed by atoms with van der Waals surface area (Å²) in [5.74, 6) is 1.14. The van der Waals surface area contributed by atoms with Crippen LogP contribution in [0, 0.1) is 5.92 Å². The third-order valence-electron chi connectivity index (χ3n) is 5.37. The Morgan fingerprint density at radius 1 is 0.962 bits per heavy atom. The quantitative estimate of drug-likeness (QED) is 0.646. The van der Waals surface area contributed by atoms with E-state index in [0.29, 0.717) is 24.7 Å². The molecule has 1 N–H and O–H groups in total. The molecule has 0 fully saturated rings. The first-order chi connectivity index (χ1) is 12.6. The number of hydrogen-bond acceptors (Lipinski definition) is 2. The highest BCUT2D eigenvalue weighted by Crippen LogP contribution is 2.42. The molecule has 2 nitrogen and oxygen atoms in total. The Bertz CT molecular complexity index is 718. The summed E-state index contributed by atoms with van der Waals surface area (Å²) < 4.78 is 6.46. The second-order valence-electron chi connectivity index (χ2n) is 7.79. The lowest BCUT2D eigenvalue weighted by molar-refractivity contribution is -0.0695. The monoisotopic (exact) mass is 350 g/mol. The maximum Gasteiger partial charge on any atom is 0.101 e. The maximum absolute atomic E-state index is 10.8. The SMILES string of the molecule is CC(C)CCC1(c2ccccc2)CC(O)=C(CCc2ccccc2)CO1. The van der Waals surface area contributed by atoms with Crippen LogP contribution in [0.2, 0.25) is 0 Å². The van der Waals surface area contributed by atoms with Gasteiger partial charge in [0.25, 0.3) is 0 Å². The molecular formula is C24H30O2. The topological polar surface area (TPSA) is 29.5 Å². The molecule has 1 atom stereocenters. The van der Waals surface area contributed by atoms with Crippen molar-refractivity contribution in [3.8, 4) is 0 Å². The molecule has 0 spiro atoms. The third kappa shape index (κ3) is 4.56. The smallest absolute Gasteiger partial charge is 0.101 e. The summed E-state index contributed by atoms with van der Waals surface area (Å²) in [5.41, 5.74) is 3.12. The van der Waals surface area contributed by atoms with Crippen molar-refractivity contribution in [2.45, 2.75) is 51.6 Å². The highest BCUT2D eigenvalue weighted by molar-refractivity contribution is 5.28. The van der Waals surface area contributed by atoms with Gasteiger partial charge in [-0.2, -0.15) is 0 Å². The van der Waals surface area contributed by atoms with Crippen molar-refractivity contribution < 1.29 is 9.84 Å². The fraction of sp³-hybridized carbons (Fsp3) is 0.417. The summed E-state index contributed by atoms with van der Waals surface area (Å²) in [5, 5.41) is 10.8. The van der Waals surface area contributed by atoms with Crippen LogP contribution >= 0.6 is 0 Å². The molecule has 3 rings (SSSR count). The number of aryl methyl sites for hydroxylation is 1. The molecule has 0 amide bonds. The zero-order chi connectivity index (χ0) is 18.4. The predicted octanol–water partition coefficient (Wildman–Crippen LogP) is 6.18. The van der Waals surface area contributed by atoms with E-state index in [2.05, 4.69) is 62.4 Å². The highest BCUT2D eigenvalue weighted by Gasteiger charge is 2.38. The van der Waals surface area contributed by atoms with Gasteiger partial charge < -0.3 is 9.84 Å². The van der Waals surface area contributed by atoms with Crippen LogP contribution in [0.5, 0.6) is 0 Å². The Balaban J connectivity index is 1.76. The Morgan fingerprint density at radius 3 is 2.23 bits per heavy atom. The summed E-state index contributed by atoms with van der Waals surface area (Å²) >= 11 is 0. The third-order valence-corrected chi connectivity index (χ3v) is 5.37. The number of benzene rings is 2. The Kier molecular flexibility index (Phi) is 6.16. The minimum atomic E-state index is -0.397. The van der Waals surface area contributed by atoms with Crippen molar-refractivity contribution in [1.29, 1.82) is 0 Å². The van der Waals surface area contributed by atoms with Crippen LogP contribution in [0.25, 0.3) is 0 Å². The lowest BCUT2D eigenvalue weighted by Crippen LogP contribution is -2.35. The van der Waals surface area contributed by atoms with Gasteiger partial charge >= 0.3 is 0 Å². The van der Waals surface area contributed by atoms with Crippen LogP contribution in [0.3, 0.4) is 0 Å². The molecule has 0 bridgehead atoms. The van der Waals surface area contributed by atoms with E-state index in [9.17, 15) is 5.11 Å². The molecule has 0 aliphatic carbocycles. The van der Waals surface area contributed by atoms with E-state index < -0.39 is 5.60 Å². The van der Waals surface area contributed by atoms with Crippen LogP contribution < -0.4 is 0 Å². The predicted molar refractivity (Wildman–Crippen MR) is 107 cm³/mol. The molecule has 1 heterocycles. The van der Waals surface area contributed by atoms with E-state index in [-0.39, 0.29) is 0 Å². The average Bonchev–Trinajstić information content (AvgIpc) is 2.67. The largest absolute Gasteiger partial charge is 0.512 e. The van der Waals surface area contributed by atoms with E-state index in [1.165, 1.54) is 11.1 Å². The first-order valence-corrected chi connectivity index (χ1v) is 9.72. The molecule has 2 heteroatoms. The summed E-state index contributed by atoms with van der Waals surface area (Å²) in [6.45, 7) is 5.00. The zero-order valence-electron chi connectivity index (χ0n) is 15.9. The van der Waals surface area contributed by atoms with Crippen LogP contribution in [-0.2, 0) is 16.8 Å². The average molecular weight is 351 g/mol. The molecular weight excluding hydrogens is 320 g/mol. The van der Waals surface area contributed by atoms with Gasteiger partial charge in [-0.1, -0.05) is 74.5 Å². The minimum Gasteiger partial charge on any atom is -0.512 e. The van der Waals surface area contributed by atoms with Gasteiger partial charge in [-0.3, -0.25) is 0 Å². The summed E-state index contributed by atoms with van der Waals surface area (Å²) in [7, 11) is 0. The van der Waals surface area contributed by atoms with Gasteiger partial charge in [-0.15, -0.1) is 0 Å². The molecule has 1 aliphatic heterocycles. The molecule has 138 valence electrons. The highest BCUT2D eigenvalue weighted by atomic mass is 16.5. The van der Waals surface area contributed by atoms with Crippen molar-refractivity contribution in [3.63, 3.8) is 0 Å². The van der Waals surface area contributed by atoms with Gasteiger partial charge in [0, 0.05) is 6.42 Å². The van der Waals surface area contributed by atoms with Crippen molar-refractivity contribution in [1.82, 2.24) is 0 Å². The van der Waals surface area contributed by atoms with E-state index in [1.807, 2.05) is 12.1 Å². The fourth-order valence-corrected chi connectivity index (χ4v) is 3.67. The van der Waals surface area contributed by atoms with E-state index in [4.69, 9.17) is 4.74 Å². The molecule has 1 unspecified atom stereocenters. The zero-order valence-corrected chi connectivity index (χ0v) is 15.9. The number of aliphatic hydroxyl groups excluding tert-OH is 1. The molecule has 0 radical (unpaired) electrons. The molecule has 0 aromatic heterocycles. The second kappa shape index (κ2) is 8.55. The Hall–Kier alpha value is -2.06. The standard InChI is InChI=1S/C24H30O2/c1-19(2)15-16-24(22-11-7-4-8-12-22)17-23(25)21(18-26-24)14-13-20-9-5-3-6-10-20/h3-12,19,25H,13-18H2,1-2H3. The van der Waals surface area contributed by atoms with Crippen molar-refractivity contribution in [2.24, 2.45) is 5.92 Å². The maximum atomic E-state index is 10.8. The van der Waals surface area contributed by atoms with Crippen LogP contribution in [0.4, 0.5) is 0 Å². The van der Waals surface area contributed by atoms with Gasteiger partial charge in [0.2, 0.25) is 0 Å². The van der Waals surface area contributed by atoms with E-state index >= 15 is 0 Å². The van der Waals surface area contributed by atoms with Gasteiger partial charge in [-0.25, -0.2) is 0 Å². The Labute approximate surface area is 157 Å². The van der Waals surface area contributed by atoms with Crippen molar-refractivity contribution in [2.75, 3.05) is 6.61 Å². The second-order valence-corrected chi connectivity index (χ2v) is 7.79. The van der Waals surface area contributed by atoms with Crippen molar-refractivity contribution >= 4 is 0 Å².